The average Bonchev–Trinajstić information content (AvgIpc) is 2.39. The quantitative estimate of drug-likeness (QED) is 0.617. The number of methoxy groups -OCH3 is 1. The topological polar surface area (TPSA) is 61.8 Å². The lowest BCUT2D eigenvalue weighted by atomic mass is 9.93. The van der Waals surface area contributed by atoms with Crippen molar-refractivity contribution in [2.24, 2.45) is 0 Å². The van der Waals surface area contributed by atoms with Gasteiger partial charge >= 0.3 is 11.9 Å². The van der Waals surface area contributed by atoms with Gasteiger partial charge in [0.25, 0.3) is 0 Å². The van der Waals surface area contributed by atoms with Crippen LogP contribution < -0.4 is 9.47 Å². The van der Waals surface area contributed by atoms with Gasteiger partial charge < -0.3 is 14.2 Å². The van der Waals surface area contributed by atoms with Crippen LogP contribution in [0.15, 0.2) is 18.2 Å². The van der Waals surface area contributed by atoms with Crippen molar-refractivity contribution in [3.8, 4) is 11.5 Å². The molecule has 2 rings (SSSR count). The number of benzene rings is 1. The standard InChI is InChI=1S/C14H16O5/c1-9(15)19-13-7-10(3-5-12(13)17-2)11-4-6-14(16)18-8-11/h3,5,7,11H,4,6,8H2,1-2H3/t11-/m1/s1. The molecule has 1 heterocycles. The Morgan fingerprint density at radius 2 is 2.16 bits per heavy atom. The molecule has 1 aliphatic rings. The Labute approximate surface area is 111 Å². The summed E-state index contributed by atoms with van der Waals surface area (Å²) in [4.78, 5) is 22.1. The number of esters is 2. The Kier molecular flexibility index (Phi) is 4.04. The number of ether oxygens (including phenoxy) is 3. The van der Waals surface area contributed by atoms with Crippen LogP contribution in [-0.2, 0) is 14.3 Å². The molecule has 0 aliphatic carbocycles. The van der Waals surface area contributed by atoms with E-state index in [4.69, 9.17) is 14.2 Å². The van der Waals surface area contributed by atoms with Crippen LogP contribution in [0.2, 0.25) is 0 Å². The van der Waals surface area contributed by atoms with E-state index in [2.05, 4.69) is 0 Å². The van der Waals surface area contributed by atoms with Crippen LogP contribution in [0.5, 0.6) is 11.5 Å². The summed E-state index contributed by atoms with van der Waals surface area (Å²) in [5, 5.41) is 0. The van der Waals surface area contributed by atoms with Gasteiger partial charge in [0.2, 0.25) is 0 Å². The molecule has 1 aromatic rings. The van der Waals surface area contributed by atoms with E-state index in [-0.39, 0.29) is 11.9 Å². The minimum Gasteiger partial charge on any atom is -0.493 e. The molecule has 1 atom stereocenters. The maximum absolute atomic E-state index is 11.1. The van der Waals surface area contributed by atoms with E-state index in [0.717, 1.165) is 12.0 Å². The number of carbonyl (C=O) groups excluding carboxylic acids is 2. The smallest absolute Gasteiger partial charge is 0.308 e. The van der Waals surface area contributed by atoms with E-state index < -0.39 is 5.97 Å². The summed E-state index contributed by atoms with van der Waals surface area (Å²) in [6, 6.07) is 5.42. The van der Waals surface area contributed by atoms with Crippen LogP contribution >= 0.6 is 0 Å². The molecule has 0 aromatic heterocycles. The summed E-state index contributed by atoms with van der Waals surface area (Å²) in [6.07, 6.45) is 1.16. The zero-order valence-electron chi connectivity index (χ0n) is 11.0. The number of cyclic esters (lactones) is 1. The van der Waals surface area contributed by atoms with Crippen molar-refractivity contribution in [2.75, 3.05) is 13.7 Å². The van der Waals surface area contributed by atoms with Crippen molar-refractivity contribution in [1.82, 2.24) is 0 Å². The normalized spacial score (nSPS) is 18.6. The van der Waals surface area contributed by atoms with E-state index >= 15 is 0 Å². The molecular formula is C14H16O5. The first-order valence-corrected chi connectivity index (χ1v) is 6.12. The summed E-state index contributed by atoms with van der Waals surface area (Å²) in [5.41, 5.74) is 0.976. The van der Waals surface area contributed by atoms with Gasteiger partial charge in [-0.2, -0.15) is 0 Å². The zero-order chi connectivity index (χ0) is 13.8. The van der Waals surface area contributed by atoms with E-state index in [1.165, 1.54) is 14.0 Å². The molecule has 19 heavy (non-hydrogen) atoms. The van der Waals surface area contributed by atoms with Gasteiger partial charge in [0.15, 0.2) is 11.5 Å². The molecule has 0 bridgehead atoms. The largest absolute Gasteiger partial charge is 0.493 e. The molecule has 5 nitrogen and oxygen atoms in total. The molecule has 0 saturated carbocycles. The van der Waals surface area contributed by atoms with Gasteiger partial charge in [-0.3, -0.25) is 9.59 Å². The molecule has 102 valence electrons. The molecular weight excluding hydrogens is 248 g/mol. The summed E-state index contributed by atoms with van der Waals surface area (Å²) in [6.45, 7) is 1.71. The van der Waals surface area contributed by atoms with Crippen LogP contribution in [-0.4, -0.2) is 25.7 Å². The van der Waals surface area contributed by atoms with Crippen LogP contribution in [0.4, 0.5) is 0 Å². The highest BCUT2D eigenvalue weighted by atomic mass is 16.6. The molecule has 1 fully saturated rings. The van der Waals surface area contributed by atoms with Gasteiger partial charge in [-0.1, -0.05) is 6.07 Å². The summed E-state index contributed by atoms with van der Waals surface area (Å²) in [5.74, 6) is 0.476. The molecule has 0 amide bonds. The second-order valence-corrected chi connectivity index (χ2v) is 4.42. The lowest BCUT2D eigenvalue weighted by Crippen LogP contribution is -2.20. The van der Waals surface area contributed by atoms with Gasteiger partial charge in [-0.05, 0) is 24.1 Å². The molecule has 0 radical (unpaired) electrons. The van der Waals surface area contributed by atoms with Crippen molar-refractivity contribution in [3.63, 3.8) is 0 Å². The van der Waals surface area contributed by atoms with Crippen molar-refractivity contribution in [3.05, 3.63) is 23.8 Å². The van der Waals surface area contributed by atoms with Gasteiger partial charge in [0.1, 0.15) is 0 Å². The van der Waals surface area contributed by atoms with Gasteiger partial charge in [0.05, 0.1) is 13.7 Å². The molecule has 1 saturated heterocycles. The van der Waals surface area contributed by atoms with Gasteiger partial charge in [-0.25, -0.2) is 0 Å². The number of rotatable bonds is 3. The van der Waals surface area contributed by atoms with Crippen LogP contribution in [0.25, 0.3) is 0 Å². The highest BCUT2D eigenvalue weighted by molar-refractivity contribution is 5.71. The highest BCUT2D eigenvalue weighted by Gasteiger charge is 2.22. The minimum absolute atomic E-state index is 0.137. The third-order valence-corrected chi connectivity index (χ3v) is 3.06. The monoisotopic (exact) mass is 264 g/mol. The summed E-state index contributed by atoms with van der Waals surface area (Å²) >= 11 is 0. The van der Waals surface area contributed by atoms with Crippen LogP contribution in [0.3, 0.4) is 0 Å². The molecule has 1 aliphatic heterocycles. The summed E-state index contributed by atoms with van der Waals surface area (Å²) < 4.78 is 15.3. The van der Waals surface area contributed by atoms with Crippen molar-refractivity contribution in [2.45, 2.75) is 25.7 Å². The van der Waals surface area contributed by atoms with Crippen molar-refractivity contribution in [1.29, 1.82) is 0 Å². The Morgan fingerprint density at radius 1 is 1.37 bits per heavy atom. The Balaban J connectivity index is 2.21. The SMILES string of the molecule is COc1ccc([C@@H]2CCC(=O)OC2)cc1OC(C)=O. The number of hydrogen-bond donors (Lipinski definition) is 0. The Bertz CT molecular complexity index is 485. The number of hydrogen-bond acceptors (Lipinski definition) is 5. The van der Waals surface area contributed by atoms with Crippen molar-refractivity contribution >= 4 is 11.9 Å². The first-order valence-electron chi connectivity index (χ1n) is 6.12. The molecule has 5 heteroatoms. The van der Waals surface area contributed by atoms with Gasteiger partial charge in [-0.15, -0.1) is 0 Å². The predicted octanol–water partition coefficient (Wildman–Crippen LogP) is 2.04. The minimum atomic E-state index is -0.398. The Morgan fingerprint density at radius 3 is 2.74 bits per heavy atom. The maximum atomic E-state index is 11.1. The average molecular weight is 264 g/mol. The lowest BCUT2D eigenvalue weighted by molar-refractivity contribution is -0.147. The van der Waals surface area contributed by atoms with Crippen LogP contribution in [0.1, 0.15) is 31.2 Å². The number of carbonyl (C=O) groups is 2. The molecule has 0 N–H and O–H groups in total. The van der Waals surface area contributed by atoms with E-state index in [0.29, 0.717) is 24.5 Å². The third-order valence-electron chi connectivity index (χ3n) is 3.06. The second-order valence-electron chi connectivity index (χ2n) is 4.42. The van der Waals surface area contributed by atoms with Crippen LogP contribution in [0, 0.1) is 0 Å². The maximum Gasteiger partial charge on any atom is 0.308 e. The summed E-state index contributed by atoms with van der Waals surface area (Å²) in [7, 11) is 1.52. The first-order chi connectivity index (χ1) is 9.10. The van der Waals surface area contributed by atoms with Gasteiger partial charge in [0, 0.05) is 19.3 Å². The molecule has 0 spiro atoms. The molecule has 1 aromatic carbocycles. The van der Waals surface area contributed by atoms with E-state index in [1.807, 2.05) is 6.07 Å². The first kappa shape index (κ1) is 13.4. The predicted molar refractivity (Wildman–Crippen MR) is 67.2 cm³/mol. The fraction of sp³-hybridized carbons (Fsp3) is 0.429. The molecule has 0 unspecified atom stereocenters. The van der Waals surface area contributed by atoms with Crippen molar-refractivity contribution < 1.29 is 23.8 Å². The fourth-order valence-electron chi connectivity index (χ4n) is 2.09. The Hall–Kier alpha value is -2.04. The lowest BCUT2D eigenvalue weighted by Gasteiger charge is -2.22. The second kappa shape index (κ2) is 5.73. The van der Waals surface area contributed by atoms with E-state index in [9.17, 15) is 9.59 Å². The zero-order valence-corrected chi connectivity index (χ0v) is 11.0. The van der Waals surface area contributed by atoms with E-state index in [1.54, 1.807) is 12.1 Å². The highest BCUT2D eigenvalue weighted by Crippen LogP contribution is 2.34. The fourth-order valence-corrected chi connectivity index (χ4v) is 2.09. The third kappa shape index (κ3) is 3.24.